The molecule has 0 spiro atoms. The van der Waals surface area contributed by atoms with E-state index < -0.39 is 20.6 Å². The highest BCUT2D eigenvalue weighted by atomic mass is 35.5. The zero-order valence-electron chi connectivity index (χ0n) is 14.3. The van der Waals surface area contributed by atoms with Crippen LogP contribution in [0.5, 0.6) is 11.5 Å². The summed E-state index contributed by atoms with van der Waals surface area (Å²) < 4.78 is 34.0. The summed E-state index contributed by atoms with van der Waals surface area (Å²) in [7, 11) is -5.11. The van der Waals surface area contributed by atoms with Crippen molar-refractivity contribution in [1.29, 1.82) is 0 Å². The molecule has 0 saturated heterocycles. The molecule has 0 aliphatic carbocycles. The van der Waals surface area contributed by atoms with Gasteiger partial charge in [-0.1, -0.05) is 64.6 Å². The zero-order valence-corrected chi connectivity index (χ0v) is 18.1. The molecule has 3 aromatic rings. The Hall–Kier alpha value is -1.67. The number of hydrogen-bond acceptors (Lipinski definition) is 4. The molecular weight excluding hydrogens is 482 g/mol. The normalized spacial score (nSPS) is 13.8. The lowest BCUT2D eigenvalue weighted by Crippen LogP contribution is -2.39. The van der Waals surface area contributed by atoms with Gasteiger partial charge < -0.3 is 10.2 Å². The van der Waals surface area contributed by atoms with Crippen LogP contribution in [0.15, 0.2) is 54.6 Å². The minimum absolute atomic E-state index is 0.0420. The van der Waals surface area contributed by atoms with Gasteiger partial charge in [-0.3, -0.25) is 4.55 Å². The molecule has 5 nitrogen and oxygen atoms in total. The van der Waals surface area contributed by atoms with E-state index in [4.69, 9.17) is 46.4 Å². The summed E-state index contributed by atoms with van der Waals surface area (Å²) in [5.41, 5.74) is -0.582. The van der Waals surface area contributed by atoms with Crippen LogP contribution in [0.3, 0.4) is 0 Å². The van der Waals surface area contributed by atoms with Gasteiger partial charge in [-0.2, -0.15) is 8.42 Å². The van der Waals surface area contributed by atoms with Gasteiger partial charge in [0.15, 0.2) is 4.75 Å². The van der Waals surface area contributed by atoms with Crippen molar-refractivity contribution in [2.75, 3.05) is 0 Å². The number of phenols is 2. The first kappa shape index (κ1) is 22.0. The molecule has 0 saturated carbocycles. The van der Waals surface area contributed by atoms with E-state index in [1.54, 1.807) is 0 Å². The SMILES string of the molecule is O=S(=O)(O)C(c1cccc(Cl)c1)(c1ccc(Cl)cc1O)c1c(Cl)cc(O)cc1Cl. The number of benzene rings is 3. The molecule has 10 heteroatoms. The number of phenolic OH excluding ortho intramolecular Hbond substituents is 2. The van der Waals surface area contributed by atoms with E-state index in [9.17, 15) is 23.2 Å². The Kier molecular flexibility index (Phi) is 5.98. The standard InChI is InChI=1S/C19H12Cl4O5S/c20-11-3-1-2-10(6-11)19(29(26,27)28,14-5-4-12(21)7-17(14)25)18-15(22)8-13(24)9-16(18)23/h1-9,24-25H,(H,26,27,28). The molecular formula is C19H12Cl4O5S. The van der Waals surface area contributed by atoms with Crippen LogP contribution in [0, 0.1) is 0 Å². The van der Waals surface area contributed by atoms with Crippen molar-refractivity contribution in [2.24, 2.45) is 0 Å². The molecule has 3 rings (SSSR count). The third kappa shape index (κ3) is 3.77. The van der Waals surface area contributed by atoms with E-state index >= 15 is 0 Å². The summed E-state index contributed by atoms with van der Waals surface area (Å²) in [6, 6.07) is 11.5. The Morgan fingerprint density at radius 1 is 0.793 bits per heavy atom. The monoisotopic (exact) mass is 492 g/mol. The summed E-state index contributed by atoms with van der Waals surface area (Å²) >= 11 is 24.6. The topological polar surface area (TPSA) is 94.8 Å². The van der Waals surface area contributed by atoms with Crippen LogP contribution >= 0.6 is 46.4 Å². The van der Waals surface area contributed by atoms with Crippen LogP contribution in [0.2, 0.25) is 20.1 Å². The number of aromatic hydroxyl groups is 2. The van der Waals surface area contributed by atoms with Crippen LogP contribution in [0.25, 0.3) is 0 Å². The van der Waals surface area contributed by atoms with Crippen molar-refractivity contribution >= 4 is 56.5 Å². The van der Waals surface area contributed by atoms with Crippen molar-refractivity contribution in [2.45, 2.75) is 4.75 Å². The minimum atomic E-state index is -5.11. The van der Waals surface area contributed by atoms with Gasteiger partial charge in [-0.15, -0.1) is 0 Å². The molecule has 0 radical (unpaired) electrons. The molecule has 3 aromatic carbocycles. The Balaban J connectivity index is 2.63. The van der Waals surface area contributed by atoms with E-state index in [0.29, 0.717) is 0 Å². The van der Waals surface area contributed by atoms with Crippen molar-refractivity contribution in [3.05, 3.63) is 91.4 Å². The van der Waals surface area contributed by atoms with Crippen LogP contribution < -0.4 is 0 Å². The average molecular weight is 494 g/mol. The molecule has 1 atom stereocenters. The molecule has 0 aliphatic rings. The van der Waals surface area contributed by atoms with Gasteiger partial charge in [-0.05, 0) is 42.0 Å². The second-order valence-corrected chi connectivity index (χ2v) is 9.36. The van der Waals surface area contributed by atoms with Gasteiger partial charge in [-0.25, -0.2) is 0 Å². The first-order chi connectivity index (χ1) is 13.5. The number of halogens is 4. The largest absolute Gasteiger partial charge is 0.508 e. The predicted octanol–water partition coefficient (Wildman–Crippen LogP) is 5.89. The lowest BCUT2D eigenvalue weighted by atomic mass is 9.83. The fraction of sp³-hybridized carbons (Fsp3) is 0.0526. The van der Waals surface area contributed by atoms with E-state index in [2.05, 4.69) is 0 Å². The Bertz CT molecular complexity index is 1190. The minimum Gasteiger partial charge on any atom is -0.508 e. The first-order valence-corrected chi connectivity index (χ1v) is 10.8. The van der Waals surface area contributed by atoms with Crippen LogP contribution in [-0.4, -0.2) is 23.2 Å². The highest BCUT2D eigenvalue weighted by Gasteiger charge is 2.52. The van der Waals surface area contributed by atoms with Crippen molar-refractivity contribution in [3.63, 3.8) is 0 Å². The average Bonchev–Trinajstić information content (AvgIpc) is 2.57. The van der Waals surface area contributed by atoms with E-state index in [-0.39, 0.29) is 42.5 Å². The van der Waals surface area contributed by atoms with Crippen LogP contribution in [0.4, 0.5) is 0 Å². The molecule has 1 unspecified atom stereocenters. The van der Waals surface area contributed by atoms with Crippen LogP contribution in [0.1, 0.15) is 16.7 Å². The van der Waals surface area contributed by atoms with E-state index in [1.165, 1.54) is 36.4 Å². The summed E-state index contributed by atoms with van der Waals surface area (Å²) in [6.45, 7) is 0. The molecule has 0 bridgehead atoms. The van der Waals surface area contributed by atoms with Gasteiger partial charge in [0.2, 0.25) is 0 Å². The molecule has 0 aliphatic heterocycles. The number of rotatable bonds is 4. The smallest absolute Gasteiger partial charge is 0.283 e. The Morgan fingerprint density at radius 3 is 1.90 bits per heavy atom. The summed E-state index contributed by atoms with van der Waals surface area (Å²) in [6.07, 6.45) is 0. The van der Waals surface area contributed by atoms with Crippen LogP contribution in [-0.2, 0) is 14.9 Å². The fourth-order valence-corrected chi connectivity index (χ4v) is 5.84. The summed E-state index contributed by atoms with van der Waals surface area (Å²) in [5.74, 6) is -0.852. The maximum Gasteiger partial charge on any atom is 0.283 e. The molecule has 0 amide bonds. The highest BCUT2D eigenvalue weighted by Crippen LogP contribution is 2.52. The van der Waals surface area contributed by atoms with Gasteiger partial charge in [0.25, 0.3) is 10.1 Å². The molecule has 0 heterocycles. The van der Waals surface area contributed by atoms with Crippen molar-refractivity contribution in [3.8, 4) is 11.5 Å². The van der Waals surface area contributed by atoms with Gasteiger partial charge in [0.05, 0.1) is 10.0 Å². The maximum absolute atomic E-state index is 13.0. The van der Waals surface area contributed by atoms with Gasteiger partial charge in [0, 0.05) is 21.2 Å². The quantitative estimate of drug-likeness (QED) is 0.311. The lowest BCUT2D eigenvalue weighted by molar-refractivity contribution is 0.440. The molecule has 0 fully saturated rings. The van der Waals surface area contributed by atoms with Gasteiger partial charge >= 0.3 is 0 Å². The zero-order chi connectivity index (χ0) is 21.6. The summed E-state index contributed by atoms with van der Waals surface area (Å²) in [4.78, 5) is 0. The Morgan fingerprint density at radius 2 is 1.38 bits per heavy atom. The summed E-state index contributed by atoms with van der Waals surface area (Å²) in [5, 5.41) is 20.2. The third-order valence-corrected chi connectivity index (χ3v) is 6.84. The second-order valence-electron chi connectivity index (χ2n) is 6.11. The van der Waals surface area contributed by atoms with Crippen molar-refractivity contribution < 1.29 is 23.2 Å². The van der Waals surface area contributed by atoms with Crippen molar-refractivity contribution in [1.82, 2.24) is 0 Å². The highest BCUT2D eigenvalue weighted by molar-refractivity contribution is 7.87. The lowest BCUT2D eigenvalue weighted by Gasteiger charge is -2.34. The third-order valence-electron chi connectivity index (χ3n) is 4.34. The predicted molar refractivity (Wildman–Crippen MR) is 114 cm³/mol. The molecule has 3 N–H and O–H groups in total. The number of hydrogen-bond donors (Lipinski definition) is 3. The van der Waals surface area contributed by atoms with E-state index in [0.717, 1.165) is 18.2 Å². The Labute approximate surface area is 186 Å². The molecule has 29 heavy (non-hydrogen) atoms. The van der Waals surface area contributed by atoms with Gasteiger partial charge in [0.1, 0.15) is 11.5 Å². The van der Waals surface area contributed by atoms with E-state index in [1.807, 2.05) is 0 Å². The first-order valence-electron chi connectivity index (χ1n) is 7.89. The molecule has 152 valence electrons. The molecule has 0 aromatic heterocycles. The maximum atomic E-state index is 13.0. The fourth-order valence-electron chi connectivity index (χ4n) is 3.26. The second kappa shape index (κ2) is 7.87.